The van der Waals surface area contributed by atoms with E-state index in [0.717, 1.165) is 11.3 Å². The van der Waals surface area contributed by atoms with Gasteiger partial charge in [0.1, 0.15) is 17.4 Å². The van der Waals surface area contributed by atoms with Gasteiger partial charge in [-0.1, -0.05) is 30.3 Å². The van der Waals surface area contributed by atoms with Crippen LogP contribution in [0.4, 0.5) is 4.39 Å². The van der Waals surface area contributed by atoms with Crippen LogP contribution >= 0.6 is 0 Å². The van der Waals surface area contributed by atoms with Crippen molar-refractivity contribution in [3.05, 3.63) is 100 Å². The highest BCUT2D eigenvalue weighted by Crippen LogP contribution is 2.17. The van der Waals surface area contributed by atoms with Crippen molar-refractivity contribution in [2.24, 2.45) is 0 Å². The van der Waals surface area contributed by atoms with Gasteiger partial charge in [-0.2, -0.15) is 0 Å². The molecule has 138 valence electrons. The third-order valence-corrected chi connectivity index (χ3v) is 4.43. The zero-order chi connectivity index (χ0) is 19.5. The first kappa shape index (κ1) is 17.7. The molecule has 0 atom stereocenters. The van der Waals surface area contributed by atoms with E-state index in [2.05, 4.69) is 4.98 Å². The molecule has 0 bridgehead atoms. The number of hydrogen-bond acceptors (Lipinski definition) is 3. The van der Waals surface area contributed by atoms with Gasteiger partial charge >= 0.3 is 0 Å². The van der Waals surface area contributed by atoms with E-state index < -0.39 is 0 Å². The molecule has 4 aromatic rings. The smallest absolute Gasteiger partial charge is 0.266 e. The second kappa shape index (κ2) is 7.48. The molecule has 0 fully saturated rings. The molecule has 0 aliphatic heterocycles. The number of fused-ring (bicyclic) bond motifs is 1. The fraction of sp³-hybridized carbons (Fsp3) is 0.0435. The fourth-order valence-corrected chi connectivity index (χ4v) is 2.99. The number of halogens is 1. The van der Waals surface area contributed by atoms with Crippen molar-refractivity contribution in [3.8, 4) is 11.4 Å². The van der Waals surface area contributed by atoms with Gasteiger partial charge in [-0.05, 0) is 60.2 Å². The predicted molar refractivity (Wildman–Crippen MR) is 109 cm³/mol. The Balaban J connectivity index is 1.87. The van der Waals surface area contributed by atoms with E-state index in [-0.39, 0.29) is 11.4 Å². The number of ether oxygens (including phenoxy) is 1. The fourth-order valence-electron chi connectivity index (χ4n) is 2.99. The lowest BCUT2D eigenvalue weighted by Crippen LogP contribution is -2.22. The Morgan fingerprint density at radius 3 is 2.36 bits per heavy atom. The van der Waals surface area contributed by atoms with E-state index in [1.165, 1.54) is 16.7 Å². The van der Waals surface area contributed by atoms with Gasteiger partial charge in [0.2, 0.25) is 0 Å². The quantitative estimate of drug-likeness (QED) is 0.521. The molecule has 0 aliphatic rings. The van der Waals surface area contributed by atoms with Crippen molar-refractivity contribution in [2.75, 3.05) is 7.11 Å². The van der Waals surface area contributed by atoms with Gasteiger partial charge in [-0.15, -0.1) is 0 Å². The maximum atomic E-state index is 13.4. The van der Waals surface area contributed by atoms with E-state index in [1.807, 2.05) is 36.4 Å². The van der Waals surface area contributed by atoms with Crippen LogP contribution < -0.4 is 10.3 Å². The molecule has 4 rings (SSSR count). The SMILES string of the molecule is COc1ccc(C=Cc2nc3ccccc3c(=O)n2-c2ccc(F)cc2)cc1. The van der Waals surface area contributed by atoms with E-state index in [9.17, 15) is 9.18 Å². The van der Waals surface area contributed by atoms with Crippen LogP contribution in [0.3, 0.4) is 0 Å². The number of aromatic nitrogens is 2. The summed E-state index contributed by atoms with van der Waals surface area (Å²) >= 11 is 0. The van der Waals surface area contributed by atoms with Gasteiger partial charge in [0.05, 0.1) is 23.7 Å². The van der Waals surface area contributed by atoms with Crippen molar-refractivity contribution >= 4 is 23.1 Å². The first-order valence-electron chi connectivity index (χ1n) is 8.75. The maximum Gasteiger partial charge on any atom is 0.266 e. The van der Waals surface area contributed by atoms with E-state index in [1.54, 1.807) is 43.5 Å². The molecule has 0 radical (unpaired) electrons. The number of rotatable bonds is 4. The van der Waals surface area contributed by atoms with Gasteiger partial charge in [-0.25, -0.2) is 9.37 Å². The van der Waals surface area contributed by atoms with Gasteiger partial charge in [0.15, 0.2) is 0 Å². The average Bonchev–Trinajstić information content (AvgIpc) is 2.74. The number of benzene rings is 3. The van der Waals surface area contributed by atoms with Crippen LogP contribution in [0, 0.1) is 5.82 Å². The lowest BCUT2D eigenvalue weighted by Gasteiger charge is -2.11. The Hall–Kier alpha value is -3.73. The highest BCUT2D eigenvalue weighted by atomic mass is 19.1. The van der Waals surface area contributed by atoms with Crippen LogP contribution in [-0.2, 0) is 0 Å². The molecular weight excluding hydrogens is 355 g/mol. The summed E-state index contributed by atoms with van der Waals surface area (Å²) in [5.41, 5.74) is 1.90. The Labute approximate surface area is 161 Å². The highest BCUT2D eigenvalue weighted by molar-refractivity contribution is 5.80. The summed E-state index contributed by atoms with van der Waals surface area (Å²) in [6.07, 6.45) is 3.65. The molecule has 0 amide bonds. The molecule has 0 saturated carbocycles. The minimum Gasteiger partial charge on any atom is -0.497 e. The summed E-state index contributed by atoms with van der Waals surface area (Å²) in [5.74, 6) is 0.871. The topological polar surface area (TPSA) is 44.1 Å². The standard InChI is InChI=1S/C23H17FN2O2/c1-28-19-13-6-16(7-14-19)8-15-22-25-21-5-3-2-4-20(21)23(27)26(22)18-11-9-17(24)10-12-18/h2-15H,1H3. The predicted octanol–water partition coefficient (Wildman–Crippen LogP) is 4.70. The molecule has 0 aliphatic carbocycles. The molecule has 1 aromatic heterocycles. The minimum atomic E-state index is -0.360. The van der Waals surface area contributed by atoms with Crippen molar-refractivity contribution < 1.29 is 9.13 Å². The zero-order valence-electron chi connectivity index (χ0n) is 15.2. The van der Waals surface area contributed by atoms with Crippen molar-refractivity contribution in [3.63, 3.8) is 0 Å². The molecule has 4 nitrogen and oxygen atoms in total. The van der Waals surface area contributed by atoms with Crippen LogP contribution in [0.15, 0.2) is 77.6 Å². The van der Waals surface area contributed by atoms with E-state index >= 15 is 0 Å². The summed E-state index contributed by atoms with van der Waals surface area (Å²) in [6.45, 7) is 0. The Morgan fingerprint density at radius 1 is 0.929 bits per heavy atom. The molecule has 0 spiro atoms. The molecule has 0 N–H and O–H groups in total. The Morgan fingerprint density at radius 2 is 1.64 bits per heavy atom. The second-order valence-electron chi connectivity index (χ2n) is 6.21. The first-order chi connectivity index (χ1) is 13.7. The number of para-hydroxylation sites is 1. The van der Waals surface area contributed by atoms with E-state index in [0.29, 0.717) is 22.4 Å². The monoisotopic (exact) mass is 372 g/mol. The second-order valence-corrected chi connectivity index (χ2v) is 6.21. The molecule has 0 saturated heterocycles. The lowest BCUT2D eigenvalue weighted by atomic mass is 10.2. The van der Waals surface area contributed by atoms with Crippen LogP contribution in [0.5, 0.6) is 5.75 Å². The van der Waals surface area contributed by atoms with Crippen LogP contribution in [-0.4, -0.2) is 16.7 Å². The van der Waals surface area contributed by atoms with Crippen LogP contribution in [0.2, 0.25) is 0 Å². The summed E-state index contributed by atoms with van der Waals surface area (Å²) in [5, 5.41) is 0.508. The third-order valence-electron chi connectivity index (χ3n) is 4.43. The highest BCUT2D eigenvalue weighted by Gasteiger charge is 2.11. The summed E-state index contributed by atoms with van der Waals surface area (Å²) in [4.78, 5) is 17.7. The van der Waals surface area contributed by atoms with Gasteiger partial charge in [0, 0.05) is 0 Å². The van der Waals surface area contributed by atoms with Gasteiger partial charge in [-0.3, -0.25) is 9.36 Å². The largest absolute Gasteiger partial charge is 0.497 e. The normalized spacial score (nSPS) is 11.2. The molecule has 28 heavy (non-hydrogen) atoms. The number of nitrogens with zero attached hydrogens (tertiary/aromatic N) is 2. The van der Waals surface area contributed by atoms with Crippen molar-refractivity contribution in [2.45, 2.75) is 0 Å². The molecule has 1 heterocycles. The van der Waals surface area contributed by atoms with Gasteiger partial charge < -0.3 is 4.74 Å². The summed E-state index contributed by atoms with van der Waals surface area (Å²) < 4.78 is 20.0. The van der Waals surface area contributed by atoms with Crippen LogP contribution in [0.25, 0.3) is 28.7 Å². The Bertz CT molecular complexity index is 1210. The number of methoxy groups -OCH3 is 1. The van der Waals surface area contributed by atoms with Crippen LogP contribution in [0.1, 0.15) is 11.4 Å². The summed E-state index contributed by atoms with van der Waals surface area (Å²) in [6, 6.07) is 20.5. The Kier molecular flexibility index (Phi) is 4.72. The third kappa shape index (κ3) is 3.42. The zero-order valence-corrected chi connectivity index (χ0v) is 15.2. The van der Waals surface area contributed by atoms with Gasteiger partial charge in [0.25, 0.3) is 5.56 Å². The average molecular weight is 372 g/mol. The molecule has 5 heteroatoms. The molecule has 3 aromatic carbocycles. The minimum absolute atomic E-state index is 0.202. The molecule has 0 unspecified atom stereocenters. The first-order valence-corrected chi connectivity index (χ1v) is 8.75. The van der Waals surface area contributed by atoms with Crippen molar-refractivity contribution in [1.82, 2.24) is 9.55 Å². The lowest BCUT2D eigenvalue weighted by molar-refractivity contribution is 0.415. The van der Waals surface area contributed by atoms with Crippen molar-refractivity contribution in [1.29, 1.82) is 0 Å². The molecular formula is C23H17FN2O2. The summed E-state index contributed by atoms with van der Waals surface area (Å²) in [7, 11) is 1.62. The van der Waals surface area contributed by atoms with E-state index in [4.69, 9.17) is 4.74 Å². The maximum absolute atomic E-state index is 13.4. The number of hydrogen-bond donors (Lipinski definition) is 0.